The number of hydrogen-bond donors (Lipinski definition) is 1. The number of amides is 1. The lowest BCUT2D eigenvalue weighted by Gasteiger charge is -2.09. The predicted molar refractivity (Wildman–Crippen MR) is 108 cm³/mol. The second-order valence-corrected chi connectivity index (χ2v) is 7.54. The molecule has 1 amide bonds. The minimum Gasteiger partial charge on any atom is -0.326 e. The number of tetrazole rings is 1. The Balaban J connectivity index is 1.45. The summed E-state index contributed by atoms with van der Waals surface area (Å²) in [7, 11) is 0. The molecule has 0 aliphatic rings. The van der Waals surface area contributed by atoms with Crippen molar-refractivity contribution in [3.63, 3.8) is 0 Å². The molecule has 29 heavy (non-hydrogen) atoms. The smallest absolute Gasteiger partial charge is 0.228 e. The van der Waals surface area contributed by atoms with E-state index >= 15 is 0 Å². The fourth-order valence-electron chi connectivity index (χ4n) is 2.89. The van der Waals surface area contributed by atoms with Gasteiger partial charge in [0.05, 0.1) is 17.1 Å². The number of rotatable bonds is 5. The minimum absolute atomic E-state index is 0.174. The summed E-state index contributed by atoms with van der Waals surface area (Å²) in [4.78, 5) is 16.9. The van der Waals surface area contributed by atoms with Gasteiger partial charge in [-0.25, -0.2) is 9.37 Å². The van der Waals surface area contributed by atoms with Crippen LogP contribution in [-0.2, 0) is 11.2 Å². The first kappa shape index (κ1) is 18.9. The average molecular weight is 408 g/mol. The molecule has 1 N–H and O–H groups in total. The Labute approximate surface area is 170 Å². The van der Waals surface area contributed by atoms with Crippen LogP contribution in [0.25, 0.3) is 16.9 Å². The zero-order chi connectivity index (χ0) is 20.4. The topological polar surface area (TPSA) is 85.6 Å². The number of aromatic nitrogens is 5. The predicted octanol–water partition coefficient (Wildman–Crippen LogP) is 3.72. The van der Waals surface area contributed by atoms with Crippen molar-refractivity contribution >= 4 is 22.9 Å². The van der Waals surface area contributed by atoms with Gasteiger partial charge in [0.2, 0.25) is 5.91 Å². The van der Waals surface area contributed by atoms with Crippen molar-refractivity contribution in [3.05, 3.63) is 70.1 Å². The number of aryl methyl sites for hydroxylation is 2. The van der Waals surface area contributed by atoms with E-state index in [1.165, 1.54) is 22.9 Å². The van der Waals surface area contributed by atoms with Gasteiger partial charge in [-0.2, -0.15) is 4.68 Å². The van der Waals surface area contributed by atoms with E-state index in [0.717, 1.165) is 21.8 Å². The summed E-state index contributed by atoms with van der Waals surface area (Å²) in [6.07, 6.45) is 0.201. The summed E-state index contributed by atoms with van der Waals surface area (Å²) in [5.41, 5.74) is 3.46. The van der Waals surface area contributed by atoms with Crippen molar-refractivity contribution in [2.45, 2.75) is 20.3 Å². The van der Waals surface area contributed by atoms with Crippen molar-refractivity contribution in [3.8, 4) is 16.9 Å². The van der Waals surface area contributed by atoms with Crippen LogP contribution in [0.1, 0.15) is 16.4 Å². The van der Waals surface area contributed by atoms with E-state index < -0.39 is 5.82 Å². The van der Waals surface area contributed by atoms with Gasteiger partial charge in [0.25, 0.3) is 0 Å². The lowest BCUT2D eigenvalue weighted by molar-refractivity contribution is -0.115. The number of nitrogens with one attached hydrogen (secondary N) is 1. The van der Waals surface area contributed by atoms with E-state index in [1.54, 1.807) is 18.3 Å². The number of nitrogens with zero attached hydrogens (tertiary/aromatic N) is 5. The van der Waals surface area contributed by atoms with Crippen LogP contribution in [0.3, 0.4) is 0 Å². The molecule has 0 fully saturated rings. The van der Waals surface area contributed by atoms with Crippen LogP contribution in [0.5, 0.6) is 0 Å². The highest BCUT2D eigenvalue weighted by atomic mass is 32.1. The molecule has 0 unspecified atom stereocenters. The molecule has 146 valence electrons. The Morgan fingerprint density at radius 3 is 2.62 bits per heavy atom. The molecule has 2 aromatic carbocycles. The third kappa shape index (κ3) is 4.19. The van der Waals surface area contributed by atoms with Gasteiger partial charge in [-0.3, -0.25) is 4.79 Å². The molecule has 0 aliphatic heterocycles. The maximum absolute atomic E-state index is 14.1. The van der Waals surface area contributed by atoms with Crippen LogP contribution in [0.15, 0.2) is 47.8 Å². The van der Waals surface area contributed by atoms with Gasteiger partial charge in [-0.05, 0) is 48.0 Å². The van der Waals surface area contributed by atoms with Crippen LogP contribution in [0, 0.1) is 19.7 Å². The highest BCUT2D eigenvalue weighted by Gasteiger charge is 2.12. The van der Waals surface area contributed by atoms with Crippen LogP contribution in [0.2, 0.25) is 0 Å². The number of halogens is 1. The van der Waals surface area contributed by atoms with Crippen LogP contribution >= 0.6 is 11.3 Å². The van der Waals surface area contributed by atoms with Crippen molar-refractivity contribution in [2.24, 2.45) is 0 Å². The van der Waals surface area contributed by atoms with Gasteiger partial charge in [-0.15, -0.1) is 16.4 Å². The van der Waals surface area contributed by atoms with Crippen LogP contribution < -0.4 is 5.32 Å². The van der Waals surface area contributed by atoms with Crippen molar-refractivity contribution < 1.29 is 9.18 Å². The van der Waals surface area contributed by atoms with E-state index in [9.17, 15) is 9.18 Å². The number of benzene rings is 2. The molecular weight excluding hydrogens is 391 g/mol. The fourth-order valence-corrected chi connectivity index (χ4v) is 3.51. The molecule has 0 spiro atoms. The number of carbonyl (C=O) groups excluding carboxylic acids is 1. The summed E-state index contributed by atoms with van der Waals surface area (Å²) in [6.45, 7) is 3.63. The first-order chi connectivity index (χ1) is 14.0. The standard InChI is InChI=1S/C20H17FN6OS/c1-12-24-25-26-27(12)19-10-16(7-8-17(19)21)23-20(28)9-14-3-5-15(6-4-14)18-11-29-13(2)22-18/h3-8,10-11H,9H2,1-2H3,(H,23,28). The zero-order valence-corrected chi connectivity index (χ0v) is 16.6. The quantitative estimate of drug-likeness (QED) is 0.544. The van der Waals surface area contributed by atoms with E-state index in [1.807, 2.05) is 36.6 Å². The third-order valence-electron chi connectivity index (χ3n) is 4.32. The summed E-state index contributed by atoms with van der Waals surface area (Å²) in [5.74, 6) is -0.234. The van der Waals surface area contributed by atoms with E-state index in [0.29, 0.717) is 11.5 Å². The van der Waals surface area contributed by atoms with Crippen LogP contribution in [-0.4, -0.2) is 31.1 Å². The first-order valence-corrected chi connectivity index (χ1v) is 9.74. The number of anilines is 1. The summed E-state index contributed by atoms with van der Waals surface area (Å²) >= 11 is 1.60. The van der Waals surface area contributed by atoms with Gasteiger partial charge < -0.3 is 5.32 Å². The molecule has 4 aromatic rings. The van der Waals surface area contributed by atoms with Gasteiger partial charge in [-0.1, -0.05) is 24.3 Å². The second-order valence-electron chi connectivity index (χ2n) is 6.48. The Kier molecular flexibility index (Phi) is 5.13. The van der Waals surface area contributed by atoms with Gasteiger partial charge in [0.15, 0.2) is 5.82 Å². The Hall–Kier alpha value is -3.46. The Morgan fingerprint density at radius 2 is 1.97 bits per heavy atom. The lowest BCUT2D eigenvalue weighted by atomic mass is 10.1. The molecule has 0 saturated carbocycles. The normalized spacial score (nSPS) is 10.9. The molecule has 2 heterocycles. The number of hydrogen-bond acceptors (Lipinski definition) is 6. The van der Waals surface area contributed by atoms with Gasteiger partial charge in [0, 0.05) is 16.6 Å². The second kappa shape index (κ2) is 7.88. The summed E-state index contributed by atoms with van der Waals surface area (Å²) < 4.78 is 15.4. The summed E-state index contributed by atoms with van der Waals surface area (Å²) in [6, 6.07) is 12.0. The van der Waals surface area contributed by atoms with Crippen LogP contribution in [0.4, 0.5) is 10.1 Å². The minimum atomic E-state index is -0.480. The Morgan fingerprint density at radius 1 is 1.17 bits per heavy atom. The average Bonchev–Trinajstić information content (AvgIpc) is 3.32. The molecule has 4 rings (SSSR count). The highest BCUT2D eigenvalue weighted by molar-refractivity contribution is 7.09. The molecule has 0 aliphatic carbocycles. The van der Waals surface area contributed by atoms with Crippen molar-refractivity contribution in [1.29, 1.82) is 0 Å². The van der Waals surface area contributed by atoms with E-state index in [2.05, 4.69) is 25.8 Å². The van der Waals surface area contributed by atoms with Crippen molar-refractivity contribution in [2.75, 3.05) is 5.32 Å². The molecule has 0 atom stereocenters. The molecule has 7 nitrogen and oxygen atoms in total. The molecule has 0 bridgehead atoms. The Bertz CT molecular complexity index is 1170. The SMILES string of the molecule is Cc1nc(-c2ccc(CC(=O)Nc3ccc(F)c(-n4nnnc4C)c3)cc2)cs1. The lowest BCUT2D eigenvalue weighted by Crippen LogP contribution is -2.15. The number of carbonyl (C=O) groups is 1. The first-order valence-electron chi connectivity index (χ1n) is 8.86. The molecule has 0 radical (unpaired) electrons. The molecule has 2 aromatic heterocycles. The van der Waals surface area contributed by atoms with E-state index in [-0.39, 0.29) is 18.0 Å². The molecule has 0 saturated heterocycles. The van der Waals surface area contributed by atoms with Crippen molar-refractivity contribution in [1.82, 2.24) is 25.2 Å². The molecular formula is C20H17FN6OS. The third-order valence-corrected chi connectivity index (χ3v) is 5.09. The van der Waals surface area contributed by atoms with Gasteiger partial charge >= 0.3 is 0 Å². The summed E-state index contributed by atoms with van der Waals surface area (Å²) in [5, 5.41) is 16.9. The highest BCUT2D eigenvalue weighted by Crippen LogP contribution is 2.22. The van der Waals surface area contributed by atoms with Gasteiger partial charge in [0.1, 0.15) is 11.5 Å². The fraction of sp³-hybridized carbons (Fsp3) is 0.150. The largest absolute Gasteiger partial charge is 0.326 e. The number of thiazole rings is 1. The monoisotopic (exact) mass is 408 g/mol. The zero-order valence-electron chi connectivity index (χ0n) is 15.8. The maximum atomic E-state index is 14.1. The van der Waals surface area contributed by atoms with E-state index in [4.69, 9.17) is 0 Å². The maximum Gasteiger partial charge on any atom is 0.228 e. The molecule has 9 heteroatoms.